The third-order valence-corrected chi connectivity index (χ3v) is 6.16. The van der Waals surface area contributed by atoms with Crippen LogP contribution in [0.4, 0.5) is 0 Å². The summed E-state index contributed by atoms with van der Waals surface area (Å²) in [5.41, 5.74) is 3.48. The third-order valence-electron chi connectivity index (χ3n) is 5.91. The lowest BCUT2D eigenvalue weighted by atomic mass is 9.90. The highest BCUT2D eigenvalue weighted by atomic mass is 35.5. The van der Waals surface area contributed by atoms with Crippen molar-refractivity contribution in [3.05, 3.63) is 40.4 Å². The summed E-state index contributed by atoms with van der Waals surface area (Å²) in [6.07, 6.45) is 11.0. The van der Waals surface area contributed by atoms with Gasteiger partial charge in [-0.25, -0.2) is 0 Å². The first-order valence-electron chi connectivity index (χ1n) is 11.2. The van der Waals surface area contributed by atoms with Crippen LogP contribution in [0.3, 0.4) is 0 Å². The molecule has 1 saturated heterocycles. The molecule has 0 unspecified atom stereocenters. The van der Waals surface area contributed by atoms with Gasteiger partial charge in [-0.1, -0.05) is 48.7 Å². The molecule has 2 aliphatic rings. The number of allylic oxidation sites excluding steroid dienone is 1. The Morgan fingerprint density at radius 2 is 1.97 bits per heavy atom. The molecule has 0 radical (unpaired) electrons. The average molecular weight is 419 g/mol. The van der Waals surface area contributed by atoms with E-state index in [2.05, 4.69) is 23.1 Å². The molecule has 0 aromatic heterocycles. The van der Waals surface area contributed by atoms with Gasteiger partial charge in [0.1, 0.15) is 12.7 Å². The predicted octanol–water partition coefficient (Wildman–Crippen LogP) is 5.54. The molecular weight excluding hydrogens is 384 g/mol. The highest BCUT2D eigenvalue weighted by molar-refractivity contribution is 6.30. The smallest absolute Gasteiger partial charge is 0.144 e. The van der Waals surface area contributed by atoms with Gasteiger partial charge >= 0.3 is 0 Å². The van der Waals surface area contributed by atoms with Crippen LogP contribution in [0, 0.1) is 5.92 Å². The minimum absolute atomic E-state index is 0.257. The molecule has 1 N–H and O–H groups in total. The summed E-state index contributed by atoms with van der Waals surface area (Å²) in [5, 5.41) is 15.7. The van der Waals surface area contributed by atoms with Gasteiger partial charge < -0.3 is 14.8 Å². The van der Waals surface area contributed by atoms with Crippen LogP contribution in [-0.4, -0.2) is 48.1 Å². The third kappa shape index (κ3) is 7.13. The van der Waals surface area contributed by atoms with Crippen molar-refractivity contribution >= 4 is 23.4 Å². The SMILES string of the molecule is CCC[C@@H]1CCCCC(=C\c2ccc(Cl)cc2)/C1=N/OC[C@@H](O)CN1CCCC1. The van der Waals surface area contributed by atoms with E-state index in [-0.39, 0.29) is 6.61 Å². The minimum atomic E-state index is -0.489. The second kappa shape index (κ2) is 11.7. The lowest BCUT2D eigenvalue weighted by Gasteiger charge is -2.20. The molecule has 4 nitrogen and oxygen atoms in total. The number of hydrogen-bond acceptors (Lipinski definition) is 4. The molecule has 29 heavy (non-hydrogen) atoms. The van der Waals surface area contributed by atoms with Gasteiger partial charge in [-0.15, -0.1) is 0 Å². The molecule has 1 aliphatic heterocycles. The van der Waals surface area contributed by atoms with Crippen molar-refractivity contribution in [3.8, 4) is 0 Å². The summed E-state index contributed by atoms with van der Waals surface area (Å²) in [7, 11) is 0. The summed E-state index contributed by atoms with van der Waals surface area (Å²) in [4.78, 5) is 8.02. The maximum atomic E-state index is 10.3. The van der Waals surface area contributed by atoms with E-state index in [1.165, 1.54) is 31.3 Å². The first-order valence-corrected chi connectivity index (χ1v) is 11.6. The number of halogens is 1. The first-order chi connectivity index (χ1) is 14.2. The first kappa shape index (κ1) is 22.3. The Balaban J connectivity index is 1.71. The van der Waals surface area contributed by atoms with Crippen LogP contribution < -0.4 is 0 Å². The number of aliphatic hydroxyl groups excluding tert-OH is 1. The topological polar surface area (TPSA) is 45.1 Å². The summed E-state index contributed by atoms with van der Waals surface area (Å²) in [6.45, 7) is 5.33. The number of benzene rings is 1. The maximum absolute atomic E-state index is 10.3. The highest BCUT2D eigenvalue weighted by Gasteiger charge is 2.23. The van der Waals surface area contributed by atoms with Gasteiger partial charge in [0.05, 0.1) is 5.71 Å². The van der Waals surface area contributed by atoms with E-state index in [0.29, 0.717) is 12.5 Å². The monoisotopic (exact) mass is 418 g/mol. The molecule has 1 saturated carbocycles. The number of hydrogen-bond donors (Lipinski definition) is 1. The summed E-state index contributed by atoms with van der Waals surface area (Å²) < 4.78 is 0. The van der Waals surface area contributed by atoms with Gasteiger partial charge in [0, 0.05) is 17.5 Å². The van der Waals surface area contributed by atoms with Crippen molar-refractivity contribution in [1.29, 1.82) is 0 Å². The largest absolute Gasteiger partial charge is 0.393 e. The van der Waals surface area contributed by atoms with Crippen LogP contribution in [-0.2, 0) is 4.84 Å². The van der Waals surface area contributed by atoms with Crippen molar-refractivity contribution in [2.75, 3.05) is 26.2 Å². The zero-order chi connectivity index (χ0) is 20.5. The number of aliphatic hydroxyl groups is 1. The Morgan fingerprint density at radius 3 is 2.69 bits per heavy atom. The fourth-order valence-corrected chi connectivity index (χ4v) is 4.54. The van der Waals surface area contributed by atoms with Crippen molar-refractivity contribution in [1.82, 2.24) is 4.90 Å². The van der Waals surface area contributed by atoms with E-state index < -0.39 is 6.10 Å². The molecule has 1 aliphatic carbocycles. The second-order valence-corrected chi connectivity index (χ2v) is 8.82. The Bertz CT molecular complexity index is 681. The van der Waals surface area contributed by atoms with E-state index in [1.54, 1.807) is 0 Å². The molecule has 2 fully saturated rings. The summed E-state index contributed by atoms with van der Waals surface area (Å²) >= 11 is 6.04. The van der Waals surface area contributed by atoms with Gasteiger partial charge in [-0.2, -0.15) is 0 Å². The standard InChI is InChI=1S/C24H35ClN2O2/c1-2-7-20-8-3-4-9-21(16-19-10-12-22(25)13-11-19)24(20)26-29-18-23(28)17-27-14-5-6-15-27/h10-13,16,20,23,28H,2-9,14-15,17-18H2,1H3/b21-16+,26-24+/t20-,23+/m1/s1. The zero-order valence-electron chi connectivity index (χ0n) is 17.7. The number of likely N-dealkylation sites (tertiary alicyclic amines) is 1. The maximum Gasteiger partial charge on any atom is 0.144 e. The number of rotatable bonds is 8. The van der Waals surface area contributed by atoms with Crippen molar-refractivity contribution in [3.63, 3.8) is 0 Å². The molecule has 1 aromatic carbocycles. The van der Waals surface area contributed by atoms with E-state index in [1.807, 2.05) is 24.3 Å². The van der Waals surface area contributed by atoms with Gasteiger partial charge in [-0.05, 0) is 81.0 Å². The van der Waals surface area contributed by atoms with E-state index in [4.69, 9.17) is 16.4 Å². The molecular formula is C24H35ClN2O2. The summed E-state index contributed by atoms with van der Waals surface area (Å²) in [6, 6.07) is 7.95. The molecule has 0 amide bonds. The number of nitrogens with zero attached hydrogens (tertiary/aromatic N) is 2. The molecule has 160 valence electrons. The normalized spacial score (nSPS) is 24.7. The van der Waals surface area contributed by atoms with Crippen LogP contribution >= 0.6 is 11.6 Å². The molecule has 2 atom stereocenters. The van der Waals surface area contributed by atoms with Crippen LogP contribution in [0.1, 0.15) is 63.9 Å². The van der Waals surface area contributed by atoms with E-state index >= 15 is 0 Å². The van der Waals surface area contributed by atoms with E-state index in [0.717, 1.165) is 55.1 Å². The lowest BCUT2D eigenvalue weighted by molar-refractivity contribution is 0.0225. The van der Waals surface area contributed by atoms with Crippen molar-refractivity contribution < 1.29 is 9.94 Å². The number of β-amino-alcohol motifs (C(OH)–C–C–N with tert-alkyl or cyclic N) is 1. The van der Waals surface area contributed by atoms with Crippen molar-refractivity contribution in [2.24, 2.45) is 11.1 Å². The highest BCUT2D eigenvalue weighted by Crippen LogP contribution is 2.30. The van der Waals surface area contributed by atoms with Gasteiger partial charge in [0.2, 0.25) is 0 Å². The quantitative estimate of drug-likeness (QED) is 0.445. The van der Waals surface area contributed by atoms with Crippen LogP contribution in [0.2, 0.25) is 5.02 Å². The molecule has 0 spiro atoms. The fourth-order valence-electron chi connectivity index (χ4n) is 4.41. The van der Waals surface area contributed by atoms with Gasteiger partial charge in [-0.3, -0.25) is 0 Å². The van der Waals surface area contributed by atoms with Gasteiger partial charge in [0.15, 0.2) is 0 Å². The molecule has 1 aromatic rings. The Labute approximate surface area is 180 Å². The second-order valence-electron chi connectivity index (χ2n) is 8.39. The van der Waals surface area contributed by atoms with Crippen molar-refractivity contribution in [2.45, 2.75) is 64.4 Å². The average Bonchev–Trinajstić information content (AvgIpc) is 3.14. The van der Waals surface area contributed by atoms with Crippen LogP contribution in [0.25, 0.3) is 6.08 Å². The molecule has 3 rings (SSSR count). The van der Waals surface area contributed by atoms with Crippen LogP contribution in [0.15, 0.2) is 35.0 Å². The lowest BCUT2D eigenvalue weighted by Crippen LogP contribution is -2.32. The molecule has 5 heteroatoms. The van der Waals surface area contributed by atoms with E-state index in [9.17, 15) is 5.11 Å². The zero-order valence-corrected chi connectivity index (χ0v) is 18.4. The minimum Gasteiger partial charge on any atom is -0.393 e. The Morgan fingerprint density at radius 1 is 1.21 bits per heavy atom. The fraction of sp³-hybridized carbons (Fsp3) is 0.625. The van der Waals surface area contributed by atoms with Gasteiger partial charge in [0.25, 0.3) is 0 Å². The Hall–Kier alpha value is -1.36. The Kier molecular flexibility index (Phi) is 9.03. The van der Waals surface area contributed by atoms with Crippen LogP contribution in [0.5, 0.6) is 0 Å². The molecule has 1 heterocycles. The predicted molar refractivity (Wildman–Crippen MR) is 121 cm³/mol. The molecule has 0 bridgehead atoms. The number of oxime groups is 1. The summed E-state index contributed by atoms with van der Waals surface area (Å²) in [5.74, 6) is 0.428.